The van der Waals surface area contributed by atoms with Gasteiger partial charge in [0.15, 0.2) is 0 Å². The summed E-state index contributed by atoms with van der Waals surface area (Å²) in [6.45, 7) is 3.58. The lowest BCUT2D eigenvalue weighted by Gasteiger charge is -2.12. The largest absolute Gasteiger partial charge is 0.478 e. The smallest absolute Gasteiger partial charge is 0.337 e. The maximum atomic E-state index is 11.4. The fourth-order valence-electron chi connectivity index (χ4n) is 3.20. The van der Waals surface area contributed by atoms with E-state index in [2.05, 4.69) is 4.99 Å². The van der Waals surface area contributed by atoms with Gasteiger partial charge in [-0.05, 0) is 56.3 Å². The summed E-state index contributed by atoms with van der Waals surface area (Å²) in [5.41, 5.74) is 2.59. The molecule has 0 radical (unpaired) electrons. The second-order valence-corrected chi connectivity index (χ2v) is 7.18. The summed E-state index contributed by atoms with van der Waals surface area (Å²) in [5.74, 6) is -3.62. The van der Waals surface area contributed by atoms with Crippen LogP contribution < -0.4 is 0 Å². The molecule has 0 spiro atoms. The van der Waals surface area contributed by atoms with Crippen molar-refractivity contribution in [3.8, 4) is 5.69 Å². The van der Waals surface area contributed by atoms with Crippen LogP contribution in [0.1, 0.15) is 48.0 Å². The molecule has 0 unspecified atom stereocenters. The summed E-state index contributed by atoms with van der Waals surface area (Å²) in [5, 5.41) is 27.9. The van der Waals surface area contributed by atoms with Crippen LogP contribution in [0.15, 0.2) is 47.5 Å². The first-order valence-electron chi connectivity index (χ1n) is 8.96. The highest BCUT2D eigenvalue weighted by Crippen LogP contribution is 2.25. The zero-order chi connectivity index (χ0) is 22.9. The second kappa shape index (κ2) is 8.45. The normalized spacial score (nSPS) is 11.1. The van der Waals surface area contributed by atoms with Crippen molar-refractivity contribution >= 4 is 41.4 Å². The van der Waals surface area contributed by atoms with Gasteiger partial charge in [0.1, 0.15) is 0 Å². The molecule has 2 aromatic carbocycles. The van der Waals surface area contributed by atoms with E-state index in [9.17, 15) is 29.7 Å². The second-order valence-electron chi connectivity index (χ2n) is 6.77. The van der Waals surface area contributed by atoms with Gasteiger partial charge in [-0.1, -0.05) is 11.6 Å². The van der Waals surface area contributed by atoms with Crippen molar-refractivity contribution < 1.29 is 29.7 Å². The third-order valence-corrected chi connectivity index (χ3v) is 5.00. The average Bonchev–Trinajstić information content (AvgIpc) is 2.99. The number of rotatable bonds is 6. The molecule has 0 aliphatic rings. The molecule has 0 aliphatic heterocycles. The molecule has 3 N–H and O–H groups in total. The van der Waals surface area contributed by atoms with Gasteiger partial charge >= 0.3 is 17.9 Å². The Bertz CT molecular complexity index is 1230. The summed E-state index contributed by atoms with van der Waals surface area (Å²) in [6.07, 6.45) is 1.55. The molecule has 31 heavy (non-hydrogen) atoms. The van der Waals surface area contributed by atoms with Crippen LogP contribution >= 0.6 is 11.6 Å². The van der Waals surface area contributed by atoms with E-state index in [1.165, 1.54) is 24.3 Å². The summed E-state index contributed by atoms with van der Waals surface area (Å²) in [6, 6.07) is 10.1. The first-order chi connectivity index (χ1) is 14.6. The van der Waals surface area contributed by atoms with Crippen molar-refractivity contribution in [1.82, 2.24) is 4.57 Å². The standard InChI is InChI=1S/C22H17ClN2O6/c1-11-5-15(10-24-16-3-4-19(23)18(9-16)22(30)31)12(2)25(11)17-7-13(20(26)27)6-14(8-17)21(28)29/h3-10H,1-2H3,(H,26,27)(H,28,29)(H,30,31). The third-order valence-electron chi connectivity index (χ3n) is 4.67. The van der Waals surface area contributed by atoms with Gasteiger partial charge in [0.2, 0.25) is 0 Å². The van der Waals surface area contributed by atoms with Crippen molar-refractivity contribution in [1.29, 1.82) is 0 Å². The Labute approximate surface area is 181 Å². The highest BCUT2D eigenvalue weighted by Gasteiger charge is 2.16. The number of benzene rings is 2. The van der Waals surface area contributed by atoms with E-state index >= 15 is 0 Å². The monoisotopic (exact) mass is 440 g/mol. The Morgan fingerprint density at radius 2 is 1.52 bits per heavy atom. The topological polar surface area (TPSA) is 129 Å². The molecule has 3 rings (SSSR count). The van der Waals surface area contributed by atoms with Gasteiger partial charge in [-0.3, -0.25) is 4.99 Å². The molecule has 0 aliphatic carbocycles. The zero-order valence-corrected chi connectivity index (χ0v) is 17.2. The molecule has 0 fully saturated rings. The van der Waals surface area contributed by atoms with Crippen molar-refractivity contribution in [2.75, 3.05) is 0 Å². The molecule has 9 heteroatoms. The van der Waals surface area contributed by atoms with E-state index in [0.717, 1.165) is 11.8 Å². The van der Waals surface area contributed by atoms with Crippen molar-refractivity contribution in [3.05, 3.63) is 81.1 Å². The molecule has 0 amide bonds. The number of nitrogens with zero attached hydrogens (tertiary/aromatic N) is 2. The molecular formula is C22H17ClN2O6. The lowest BCUT2D eigenvalue weighted by Crippen LogP contribution is -2.07. The van der Waals surface area contributed by atoms with E-state index in [1.807, 2.05) is 0 Å². The minimum absolute atomic E-state index is 0.0616. The molecular weight excluding hydrogens is 424 g/mol. The third kappa shape index (κ3) is 4.49. The highest BCUT2D eigenvalue weighted by atomic mass is 35.5. The van der Waals surface area contributed by atoms with Crippen LogP contribution in [-0.2, 0) is 0 Å². The fraction of sp³-hybridized carbons (Fsp3) is 0.0909. The van der Waals surface area contributed by atoms with Gasteiger partial charge in [0, 0.05) is 28.9 Å². The maximum Gasteiger partial charge on any atom is 0.337 e. The molecule has 0 saturated carbocycles. The molecule has 0 bridgehead atoms. The molecule has 0 saturated heterocycles. The molecule has 158 valence electrons. The zero-order valence-electron chi connectivity index (χ0n) is 16.5. The first kappa shape index (κ1) is 21.8. The Morgan fingerprint density at radius 1 is 0.903 bits per heavy atom. The molecule has 1 heterocycles. The van der Waals surface area contributed by atoms with E-state index < -0.39 is 17.9 Å². The number of aryl methyl sites for hydroxylation is 1. The van der Waals surface area contributed by atoms with Crippen LogP contribution in [0.25, 0.3) is 5.69 Å². The van der Waals surface area contributed by atoms with Crippen LogP contribution in [0.4, 0.5) is 5.69 Å². The van der Waals surface area contributed by atoms with Crippen LogP contribution in [0, 0.1) is 13.8 Å². The van der Waals surface area contributed by atoms with E-state index in [4.69, 9.17) is 11.6 Å². The number of carboxylic acid groups (broad SMARTS) is 3. The maximum absolute atomic E-state index is 11.4. The van der Waals surface area contributed by atoms with Gasteiger partial charge in [0.05, 0.1) is 27.4 Å². The van der Waals surface area contributed by atoms with Gasteiger partial charge in [-0.25, -0.2) is 14.4 Å². The van der Waals surface area contributed by atoms with Gasteiger partial charge < -0.3 is 19.9 Å². The Morgan fingerprint density at radius 3 is 2.06 bits per heavy atom. The van der Waals surface area contributed by atoms with Gasteiger partial charge in [0.25, 0.3) is 0 Å². The van der Waals surface area contributed by atoms with Crippen LogP contribution in [-0.4, -0.2) is 44.0 Å². The summed E-state index contributed by atoms with van der Waals surface area (Å²) in [4.78, 5) is 38.4. The van der Waals surface area contributed by atoms with E-state index in [-0.39, 0.29) is 21.7 Å². The predicted molar refractivity (Wildman–Crippen MR) is 115 cm³/mol. The fourth-order valence-corrected chi connectivity index (χ4v) is 3.40. The summed E-state index contributed by atoms with van der Waals surface area (Å²) in [7, 11) is 0. The minimum Gasteiger partial charge on any atom is -0.478 e. The molecule has 0 atom stereocenters. The van der Waals surface area contributed by atoms with E-state index in [1.54, 1.807) is 36.8 Å². The number of hydrogen-bond donors (Lipinski definition) is 3. The molecule has 3 aromatic rings. The Balaban J connectivity index is 2.05. The van der Waals surface area contributed by atoms with E-state index in [0.29, 0.717) is 22.6 Å². The summed E-state index contributed by atoms with van der Waals surface area (Å²) < 4.78 is 1.73. The average molecular weight is 441 g/mol. The number of aromatic nitrogens is 1. The van der Waals surface area contributed by atoms with Crippen molar-refractivity contribution in [2.24, 2.45) is 4.99 Å². The van der Waals surface area contributed by atoms with Gasteiger partial charge in [-0.2, -0.15) is 0 Å². The number of carbonyl (C=O) groups is 3. The minimum atomic E-state index is -1.23. The van der Waals surface area contributed by atoms with Crippen LogP contribution in [0.2, 0.25) is 5.02 Å². The van der Waals surface area contributed by atoms with Crippen molar-refractivity contribution in [3.63, 3.8) is 0 Å². The Kier molecular flexibility index (Phi) is 5.94. The first-order valence-corrected chi connectivity index (χ1v) is 9.34. The quantitative estimate of drug-likeness (QED) is 0.480. The number of carboxylic acids is 3. The number of aromatic carboxylic acids is 3. The highest BCUT2D eigenvalue weighted by molar-refractivity contribution is 6.33. The lowest BCUT2D eigenvalue weighted by molar-refractivity contribution is 0.0682. The SMILES string of the molecule is Cc1cc(C=Nc2ccc(Cl)c(C(=O)O)c2)c(C)n1-c1cc(C(=O)O)cc(C(=O)O)c1. The van der Waals surface area contributed by atoms with Crippen molar-refractivity contribution in [2.45, 2.75) is 13.8 Å². The van der Waals surface area contributed by atoms with Gasteiger partial charge in [-0.15, -0.1) is 0 Å². The number of halogens is 1. The summed E-state index contributed by atoms with van der Waals surface area (Å²) >= 11 is 5.88. The van der Waals surface area contributed by atoms with Crippen LogP contribution in [0.3, 0.4) is 0 Å². The number of aliphatic imine (C=N–C) groups is 1. The Hall–Kier alpha value is -3.91. The van der Waals surface area contributed by atoms with Crippen LogP contribution in [0.5, 0.6) is 0 Å². The molecule has 1 aromatic heterocycles. The lowest BCUT2D eigenvalue weighted by atomic mass is 10.1. The number of hydrogen-bond acceptors (Lipinski definition) is 4. The molecule has 8 nitrogen and oxygen atoms in total. The predicted octanol–water partition coefficient (Wildman–Crippen LogP) is 4.59.